The van der Waals surface area contributed by atoms with E-state index in [4.69, 9.17) is 19.3 Å². The summed E-state index contributed by atoms with van der Waals surface area (Å²) in [7, 11) is -9.70. The second kappa shape index (κ2) is 7.79. The molecule has 0 bridgehead atoms. The summed E-state index contributed by atoms with van der Waals surface area (Å²) < 4.78 is 59.9. The van der Waals surface area contributed by atoms with E-state index in [2.05, 4.69) is 0 Å². The van der Waals surface area contributed by atoms with Crippen LogP contribution in [0.1, 0.15) is 0 Å². The molecule has 18 heavy (non-hydrogen) atoms. The van der Waals surface area contributed by atoms with Gasteiger partial charge in [-0.05, 0) is 6.07 Å². The average Bonchev–Trinajstić information content (AvgIpc) is 2.05. The van der Waals surface area contributed by atoms with Crippen molar-refractivity contribution in [2.45, 2.75) is 9.79 Å². The predicted octanol–water partition coefficient (Wildman–Crippen LogP) is -1.17. The average molecular weight is 348 g/mol. The Morgan fingerprint density at radius 3 is 1.61 bits per heavy atom. The molecule has 1 rings (SSSR count). The van der Waals surface area contributed by atoms with Crippen molar-refractivity contribution in [2.75, 3.05) is 0 Å². The molecule has 0 aliphatic rings. The Balaban J connectivity index is 0. The van der Waals surface area contributed by atoms with Crippen molar-refractivity contribution in [1.82, 2.24) is 0 Å². The van der Waals surface area contributed by atoms with Gasteiger partial charge in [0, 0.05) is 109 Å². The standard InChI is InChI=1S/C6H6O8S2.2K/c7-4-1-3(15(9,10)11)2-5(6(4)8)16(12,13)14;;/h1-2,7-8H,(H,9,10,11)(H,12,13,14);;. The first-order valence-electron chi connectivity index (χ1n) is 3.54. The number of aromatic hydroxyl groups is 2. The molecule has 8 nitrogen and oxygen atoms in total. The second-order valence-corrected chi connectivity index (χ2v) is 5.55. The van der Waals surface area contributed by atoms with E-state index in [1.807, 2.05) is 0 Å². The van der Waals surface area contributed by atoms with Crippen LogP contribution in [-0.4, -0.2) is 139 Å². The molecule has 0 aromatic heterocycles. The van der Waals surface area contributed by atoms with E-state index in [0.717, 1.165) is 0 Å². The van der Waals surface area contributed by atoms with Gasteiger partial charge in [0.25, 0.3) is 20.2 Å². The van der Waals surface area contributed by atoms with Gasteiger partial charge in [-0.25, -0.2) is 0 Å². The van der Waals surface area contributed by atoms with Gasteiger partial charge >= 0.3 is 0 Å². The fourth-order valence-corrected chi connectivity index (χ4v) is 2.14. The maximum absolute atomic E-state index is 10.7. The molecule has 0 heterocycles. The maximum atomic E-state index is 10.7. The zero-order valence-electron chi connectivity index (χ0n) is 9.39. The fourth-order valence-electron chi connectivity index (χ4n) is 0.914. The Morgan fingerprint density at radius 2 is 1.28 bits per heavy atom. The van der Waals surface area contributed by atoms with Crippen LogP contribution in [0.25, 0.3) is 0 Å². The fraction of sp³-hybridized carbons (Fsp3) is 0. The van der Waals surface area contributed by atoms with Gasteiger partial charge in [0.15, 0.2) is 11.5 Å². The predicted molar refractivity (Wildman–Crippen MR) is 60.9 cm³/mol. The minimum Gasteiger partial charge on any atom is -0.504 e. The van der Waals surface area contributed by atoms with Crippen molar-refractivity contribution in [1.29, 1.82) is 0 Å². The first-order valence-corrected chi connectivity index (χ1v) is 6.42. The molecule has 0 fully saturated rings. The molecule has 4 N–H and O–H groups in total. The number of phenolic OH excluding ortho intramolecular Hbond substituents is 2. The van der Waals surface area contributed by atoms with E-state index in [0.29, 0.717) is 12.1 Å². The number of rotatable bonds is 2. The third kappa shape index (κ3) is 5.73. The van der Waals surface area contributed by atoms with E-state index in [9.17, 15) is 16.8 Å². The number of phenols is 2. The van der Waals surface area contributed by atoms with Gasteiger partial charge < -0.3 is 10.2 Å². The van der Waals surface area contributed by atoms with Crippen LogP contribution < -0.4 is 0 Å². The van der Waals surface area contributed by atoms with Crippen LogP contribution in [0.5, 0.6) is 11.5 Å². The zero-order valence-corrected chi connectivity index (χ0v) is 17.3. The Kier molecular flexibility index (Phi) is 9.61. The van der Waals surface area contributed by atoms with E-state index >= 15 is 0 Å². The summed E-state index contributed by atoms with van der Waals surface area (Å²) in [4.78, 5) is -2.20. The van der Waals surface area contributed by atoms with Gasteiger partial charge in [0.05, 0.1) is 4.90 Å². The van der Waals surface area contributed by atoms with Crippen molar-refractivity contribution in [3.05, 3.63) is 12.1 Å². The van der Waals surface area contributed by atoms with Crippen LogP contribution in [0.4, 0.5) is 0 Å². The van der Waals surface area contributed by atoms with E-state index < -0.39 is 41.5 Å². The molecule has 0 saturated heterocycles. The molecule has 0 aliphatic heterocycles. The molecular weight excluding hydrogens is 342 g/mol. The van der Waals surface area contributed by atoms with Crippen molar-refractivity contribution in [3.8, 4) is 11.5 Å². The van der Waals surface area contributed by atoms with Gasteiger partial charge in [0.1, 0.15) is 4.90 Å². The van der Waals surface area contributed by atoms with Crippen LogP contribution in [-0.2, 0) is 20.2 Å². The topological polar surface area (TPSA) is 149 Å². The second-order valence-electron chi connectivity index (χ2n) is 2.74. The van der Waals surface area contributed by atoms with Crippen LogP contribution in [0.3, 0.4) is 0 Å². The van der Waals surface area contributed by atoms with Crippen molar-refractivity contribution < 1.29 is 36.2 Å². The van der Waals surface area contributed by atoms with Crippen molar-refractivity contribution in [2.24, 2.45) is 0 Å². The third-order valence-electron chi connectivity index (χ3n) is 1.60. The van der Waals surface area contributed by atoms with Gasteiger partial charge in [-0.1, -0.05) is 0 Å². The van der Waals surface area contributed by atoms with Gasteiger partial charge in [-0.3, -0.25) is 9.11 Å². The summed E-state index contributed by atoms with van der Waals surface area (Å²) in [5.74, 6) is -2.32. The van der Waals surface area contributed by atoms with Crippen molar-refractivity contribution in [3.63, 3.8) is 0 Å². The van der Waals surface area contributed by atoms with Gasteiger partial charge in [-0.2, -0.15) is 16.8 Å². The summed E-state index contributed by atoms with van der Waals surface area (Å²) >= 11 is 0. The molecule has 92 valence electrons. The van der Waals surface area contributed by atoms with E-state index in [1.165, 1.54) is 0 Å². The molecule has 1 aromatic rings. The summed E-state index contributed by atoms with van der Waals surface area (Å²) in [5, 5.41) is 18.1. The molecule has 12 heteroatoms. The first-order chi connectivity index (χ1) is 7.03. The molecule has 0 unspecified atom stereocenters. The summed E-state index contributed by atoms with van der Waals surface area (Å²) in [6.45, 7) is 0. The first kappa shape index (κ1) is 22.2. The normalized spacial score (nSPS) is 11.2. The van der Waals surface area contributed by atoms with Crippen LogP contribution in [0.2, 0.25) is 0 Å². The monoisotopic (exact) mass is 348 g/mol. The maximum Gasteiger partial charge on any atom is 0.298 e. The smallest absolute Gasteiger partial charge is 0.298 e. The molecule has 0 spiro atoms. The minimum atomic E-state index is -4.92. The van der Waals surface area contributed by atoms with Crippen LogP contribution >= 0.6 is 0 Å². The quantitative estimate of drug-likeness (QED) is 0.297. The SMILES string of the molecule is O=S(=O)(O)c1cc(O)c(O)c(S(=O)(=O)O)c1.[K].[K]. The molecule has 0 saturated carbocycles. The Morgan fingerprint density at radius 1 is 0.833 bits per heavy atom. The third-order valence-corrected chi connectivity index (χ3v) is 3.30. The van der Waals surface area contributed by atoms with Crippen LogP contribution in [0.15, 0.2) is 21.9 Å². The number of benzene rings is 1. The van der Waals surface area contributed by atoms with Gasteiger partial charge in [0.2, 0.25) is 0 Å². The Hall–Kier alpha value is 1.91. The molecular formula is C6H6K2O8S2. The molecule has 2 radical (unpaired) electrons. The largest absolute Gasteiger partial charge is 0.504 e. The summed E-state index contributed by atoms with van der Waals surface area (Å²) in [6, 6.07) is 0.735. The Bertz CT molecular complexity index is 636. The number of hydrogen-bond acceptors (Lipinski definition) is 6. The summed E-state index contributed by atoms with van der Waals surface area (Å²) in [5.41, 5.74) is 0. The molecule has 0 amide bonds. The van der Waals surface area contributed by atoms with E-state index in [1.54, 1.807) is 0 Å². The molecule has 1 aromatic carbocycles. The van der Waals surface area contributed by atoms with Gasteiger partial charge in [-0.15, -0.1) is 0 Å². The number of hydrogen-bond donors (Lipinski definition) is 4. The minimum absolute atomic E-state index is 0. The van der Waals surface area contributed by atoms with Crippen molar-refractivity contribution >= 4 is 123 Å². The molecule has 0 aliphatic carbocycles. The summed E-state index contributed by atoms with van der Waals surface area (Å²) in [6.07, 6.45) is 0. The van der Waals surface area contributed by atoms with Crippen LogP contribution in [0, 0.1) is 0 Å². The zero-order chi connectivity index (χ0) is 12.7. The Labute approximate surface area is 188 Å². The molecule has 0 atom stereocenters. The van der Waals surface area contributed by atoms with E-state index in [-0.39, 0.29) is 103 Å².